The number of aromatic amines is 1. The van der Waals surface area contributed by atoms with Gasteiger partial charge in [-0.3, -0.25) is 4.79 Å². The van der Waals surface area contributed by atoms with Gasteiger partial charge in [-0.05, 0) is 37.0 Å². The van der Waals surface area contributed by atoms with Crippen molar-refractivity contribution in [3.05, 3.63) is 48.0 Å². The highest BCUT2D eigenvalue weighted by molar-refractivity contribution is 6.00. The van der Waals surface area contributed by atoms with E-state index in [9.17, 15) is 9.18 Å². The Morgan fingerprint density at radius 2 is 1.83 bits per heavy atom. The van der Waals surface area contributed by atoms with Crippen LogP contribution in [-0.4, -0.2) is 41.0 Å². The summed E-state index contributed by atoms with van der Waals surface area (Å²) < 4.78 is 13.1. The first kappa shape index (κ1) is 17.0. The number of nitrogens with one attached hydrogen (secondary N) is 2. The molecule has 2 bridgehead atoms. The molecular formula is C18H21ClFN3O. The maximum Gasteiger partial charge on any atom is 0.256 e. The summed E-state index contributed by atoms with van der Waals surface area (Å²) in [6.07, 6.45) is 6.93. The van der Waals surface area contributed by atoms with Gasteiger partial charge in [0.05, 0.1) is 5.56 Å². The highest BCUT2D eigenvalue weighted by Gasteiger charge is 2.32. The fourth-order valence-corrected chi connectivity index (χ4v) is 3.71. The van der Waals surface area contributed by atoms with Crippen molar-refractivity contribution in [2.24, 2.45) is 0 Å². The van der Waals surface area contributed by atoms with E-state index in [1.54, 1.807) is 18.3 Å². The molecule has 0 aliphatic carbocycles. The second-order valence-corrected chi connectivity index (χ2v) is 6.47. The number of hydrogen-bond acceptors (Lipinski definition) is 2. The molecule has 2 aliphatic rings. The highest BCUT2D eigenvalue weighted by atomic mass is 35.5. The summed E-state index contributed by atoms with van der Waals surface area (Å²) in [6.45, 7) is 1.56. The smallest absolute Gasteiger partial charge is 0.256 e. The number of nitrogens with zero attached hydrogens (tertiary/aromatic N) is 1. The van der Waals surface area contributed by atoms with E-state index in [0.29, 0.717) is 17.6 Å². The van der Waals surface area contributed by atoms with Gasteiger partial charge < -0.3 is 15.2 Å². The van der Waals surface area contributed by atoms with Crippen LogP contribution in [-0.2, 0) is 0 Å². The van der Waals surface area contributed by atoms with Crippen LogP contribution in [0.1, 0.15) is 29.6 Å². The van der Waals surface area contributed by atoms with Crippen molar-refractivity contribution >= 4 is 18.3 Å². The van der Waals surface area contributed by atoms with Gasteiger partial charge in [0.15, 0.2) is 0 Å². The van der Waals surface area contributed by atoms with Crippen LogP contribution in [0.15, 0.2) is 36.7 Å². The minimum atomic E-state index is -0.272. The normalized spacial score (nSPS) is 22.8. The molecule has 3 heterocycles. The van der Waals surface area contributed by atoms with E-state index < -0.39 is 0 Å². The van der Waals surface area contributed by atoms with Gasteiger partial charge in [0, 0.05) is 43.1 Å². The molecule has 2 aliphatic heterocycles. The quantitative estimate of drug-likeness (QED) is 0.874. The van der Waals surface area contributed by atoms with Crippen molar-refractivity contribution in [2.75, 3.05) is 13.1 Å². The molecule has 6 heteroatoms. The fourth-order valence-electron chi connectivity index (χ4n) is 3.71. The van der Waals surface area contributed by atoms with Crippen molar-refractivity contribution in [3.8, 4) is 11.1 Å². The van der Waals surface area contributed by atoms with Crippen LogP contribution in [0.5, 0.6) is 0 Å². The molecule has 1 aromatic carbocycles. The van der Waals surface area contributed by atoms with Crippen molar-refractivity contribution in [3.63, 3.8) is 0 Å². The number of H-pyrrole nitrogens is 1. The zero-order valence-electron chi connectivity index (χ0n) is 13.3. The first-order valence-corrected chi connectivity index (χ1v) is 8.19. The van der Waals surface area contributed by atoms with E-state index in [0.717, 1.165) is 37.1 Å². The van der Waals surface area contributed by atoms with Gasteiger partial charge in [0.2, 0.25) is 0 Å². The van der Waals surface area contributed by atoms with Crippen molar-refractivity contribution < 1.29 is 9.18 Å². The van der Waals surface area contributed by atoms with Crippen molar-refractivity contribution in [1.82, 2.24) is 15.2 Å². The van der Waals surface area contributed by atoms with Crippen LogP contribution >= 0.6 is 12.4 Å². The number of rotatable bonds is 2. The number of aromatic nitrogens is 1. The largest absolute Gasteiger partial charge is 0.366 e. The molecule has 2 aromatic rings. The number of carbonyl (C=O) groups excluding carboxylic acids is 1. The van der Waals surface area contributed by atoms with Gasteiger partial charge in [-0.25, -0.2) is 4.39 Å². The van der Waals surface area contributed by atoms with E-state index in [1.807, 2.05) is 11.1 Å². The van der Waals surface area contributed by atoms with Gasteiger partial charge in [-0.15, -0.1) is 12.4 Å². The predicted molar refractivity (Wildman–Crippen MR) is 93.9 cm³/mol. The van der Waals surface area contributed by atoms with Gasteiger partial charge in [0.1, 0.15) is 5.82 Å². The SMILES string of the molecule is Cl.O=C(c1c[nH]cc1-c1ccc(F)cc1)N1CCC2CCC(C1)N2. The minimum absolute atomic E-state index is 0. The topological polar surface area (TPSA) is 48.1 Å². The Hall–Kier alpha value is -1.85. The molecule has 1 aromatic heterocycles. The van der Waals surface area contributed by atoms with Crippen molar-refractivity contribution in [1.29, 1.82) is 0 Å². The van der Waals surface area contributed by atoms with E-state index in [1.165, 1.54) is 18.6 Å². The lowest BCUT2D eigenvalue weighted by molar-refractivity contribution is 0.0749. The zero-order chi connectivity index (χ0) is 15.8. The summed E-state index contributed by atoms with van der Waals surface area (Å²) in [5, 5.41) is 3.59. The van der Waals surface area contributed by atoms with E-state index in [-0.39, 0.29) is 24.1 Å². The van der Waals surface area contributed by atoms with Crippen LogP contribution in [0.3, 0.4) is 0 Å². The molecule has 2 N–H and O–H groups in total. The van der Waals surface area contributed by atoms with Crippen molar-refractivity contribution in [2.45, 2.75) is 31.3 Å². The first-order valence-electron chi connectivity index (χ1n) is 8.19. The molecular weight excluding hydrogens is 329 g/mol. The van der Waals surface area contributed by atoms with Crippen LogP contribution < -0.4 is 5.32 Å². The number of hydrogen-bond donors (Lipinski definition) is 2. The average Bonchev–Trinajstić information content (AvgIpc) is 3.14. The maximum absolute atomic E-state index is 13.1. The number of halogens is 2. The maximum atomic E-state index is 13.1. The molecule has 0 radical (unpaired) electrons. The number of amides is 1. The summed E-state index contributed by atoms with van der Waals surface area (Å²) in [5.74, 6) is -0.216. The molecule has 2 unspecified atom stereocenters. The van der Waals surface area contributed by atoms with Crippen LogP contribution in [0.4, 0.5) is 4.39 Å². The summed E-state index contributed by atoms with van der Waals surface area (Å²) in [7, 11) is 0. The third kappa shape index (κ3) is 3.19. The monoisotopic (exact) mass is 349 g/mol. The molecule has 2 atom stereocenters. The summed E-state index contributed by atoms with van der Waals surface area (Å²) in [4.78, 5) is 17.9. The Kier molecular flexibility index (Phi) is 4.92. The lowest BCUT2D eigenvalue weighted by atomic mass is 10.0. The summed E-state index contributed by atoms with van der Waals surface area (Å²) >= 11 is 0. The molecule has 2 saturated heterocycles. The Labute approximate surface area is 146 Å². The molecule has 128 valence electrons. The first-order chi connectivity index (χ1) is 11.2. The standard InChI is InChI=1S/C18H20FN3O.ClH/c19-13-3-1-12(2-4-13)16-9-20-10-17(16)18(23)22-8-7-14-5-6-15(11-22)21-14;/h1-4,9-10,14-15,20-21H,5-8,11H2;1H. The van der Waals surface area contributed by atoms with Gasteiger partial charge in [0.25, 0.3) is 5.91 Å². The number of fused-ring (bicyclic) bond motifs is 2. The predicted octanol–water partition coefficient (Wildman–Crippen LogP) is 3.21. The van der Waals surface area contributed by atoms with Gasteiger partial charge in [-0.1, -0.05) is 12.1 Å². The highest BCUT2D eigenvalue weighted by Crippen LogP contribution is 2.27. The molecule has 0 spiro atoms. The van der Waals surface area contributed by atoms with E-state index in [4.69, 9.17) is 0 Å². The summed E-state index contributed by atoms with van der Waals surface area (Å²) in [5.41, 5.74) is 2.34. The van der Waals surface area contributed by atoms with E-state index >= 15 is 0 Å². The van der Waals surface area contributed by atoms with Crippen LogP contribution in [0, 0.1) is 5.82 Å². The van der Waals surface area contributed by atoms with Gasteiger partial charge >= 0.3 is 0 Å². The Balaban J connectivity index is 0.00000169. The lowest BCUT2D eigenvalue weighted by Gasteiger charge is -2.24. The average molecular weight is 350 g/mol. The van der Waals surface area contributed by atoms with Gasteiger partial charge in [-0.2, -0.15) is 0 Å². The third-order valence-electron chi connectivity index (χ3n) is 4.94. The molecule has 0 saturated carbocycles. The molecule has 1 amide bonds. The minimum Gasteiger partial charge on any atom is -0.366 e. The lowest BCUT2D eigenvalue weighted by Crippen LogP contribution is -2.39. The molecule has 24 heavy (non-hydrogen) atoms. The zero-order valence-corrected chi connectivity index (χ0v) is 14.1. The Morgan fingerprint density at radius 3 is 2.62 bits per heavy atom. The Morgan fingerprint density at radius 1 is 1.08 bits per heavy atom. The molecule has 4 nitrogen and oxygen atoms in total. The third-order valence-corrected chi connectivity index (χ3v) is 4.94. The Bertz CT molecular complexity index is 715. The fraction of sp³-hybridized carbons (Fsp3) is 0.389. The van der Waals surface area contributed by atoms with E-state index in [2.05, 4.69) is 10.3 Å². The van der Waals surface area contributed by atoms with Crippen LogP contribution in [0.2, 0.25) is 0 Å². The second kappa shape index (κ2) is 6.95. The molecule has 2 fully saturated rings. The molecule has 4 rings (SSSR count). The number of benzene rings is 1. The number of carbonyl (C=O) groups is 1. The summed E-state index contributed by atoms with van der Waals surface area (Å²) in [6, 6.07) is 7.24. The van der Waals surface area contributed by atoms with Crippen LogP contribution in [0.25, 0.3) is 11.1 Å². The number of likely N-dealkylation sites (tertiary alicyclic amines) is 1. The second-order valence-electron chi connectivity index (χ2n) is 6.47.